The quantitative estimate of drug-likeness (QED) is 0.393. The topological polar surface area (TPSA) is 73.6 Å². The van der Waals surface area contributed by atoms with E-state index in [1.807, 2.05) is 48.8 Å². The number of benzene rings is 2. The summed E-state index contributed by atoms with van der Waals surface area (Å²) in [4.78, 5) is 7.72. The fourth-order valence-corrected chi connectivity index (χ4v) is 5.61. The van der Waals surface area contributed by atoms with E-state index in [0.29, 0.717) is 30.4 Å². The molecule has 0 atom stereocenters. The van der Waals surface area contributed by atoms with Gasteiger partial charge in [-0.1, -0.05) is 29.8 Å². The zero-order chi connectivity index (χ0) is 21.4. The molecular weight excluding hydrogens is 408 g/mol. The molecule has 31 heavy (non-hydrogen) atoms. The molecular formula is C24H26N4O2S. The number of hydrogen-bond acceptors (Lipinski definition) is 5. The highest BCUT2D eigenvalue weighted by molar-refractivity contribution is 8.24. The van der Waals surface area contributed by atoms with Gasteiger partial charge >= 0.3 is 0 Å². The van der Waals surface area contributed by atoms with E-state index in [4.69, 9.17) is 4.98 Å². The van der Waals surface area contributed by atoms with E-state index in [2.05, 4.69) is 46.0 Å². The van der Waals surface area contributed by atoms with Gasteiger partial charge in [-0.3, -0.25) is 9.11 Å². The van der Waals surface area contributed by atoms with Gasteiger partial charge in [-0.25, -0.2) is 4.98 Å². The Morgan fingerprint density at radius 2 is 1.84 bits per heavy atom. The zero-order valence-electron chi connectivity index (χ0n) is 17.4. The second kappa shape index (κ2) is 7.92. The molecule has 160 valence electrons. The molecule has 2 aromatic heterocycles. The van der Waals surface area contributed by atoms with Gasteiger partial charge in [0.05, 0.1) is 22.8 Å². The van der Waals surface area contributed by atoms with Crippen molar-refractivity contribution in [2.45, 2.75) is 25.0 Å². The van der Waals surface area contributed by atoms with Crippen molar-refractivity contribution in [3.63, 3.8) is 0 Å². The van der Waals surface area contributed by atoms with E-state index in [-0.39, 0.29) is 0 Å². The smallest absolute Gasteiger partial charge is 0.131 e. The average molecular weight is 435 g/mol. The van der Waals surface area contributed by atoms with E-state index >= 15 is 0 Å². The van der Waals surface area contributed by atoms with Crippen molar-refractivity contribution in [1.82, 2.24) is 9.55 Å². The van der Waals surface area contributed by atoms with Crippen molar-refractivity contribution in [3.05, 3.63) is 84.2 Å². The lowest BCUT2D eigenvalue weighted by molar-refractivity contribution is 0.488. The number of nitrogens with one attached hydrogen (secondary N) is 1. The Kier molecular flexibility index (Phi) is 5.09. The van der Waals surface area contributed by atoms with Crippen molar-refractivity contribution < 1.29 is 9.11 Å². The average Bonchev–Trinajstić information content (AvgIpc) is 3.24. The standard InChI is InChI=1S/C24H26N4O2S/c1-18-8-9-21-20(14-18)22(25-17-27-10-4-5-11-27)15-24(26-21)28-12-13-31(29,30)23-7-3-2-6-19(23)16-28/h2-11,14-15,29-30H,12-13,16-17H2,1H3,(H,25,26). The first kappa shape index (κ1) is 19.9. The molecule has 0 fully saturated rings. The van der Waals surface area contributed by atoms with Crippen molar-refractivity contribution in [1.29, 1.82) is 0 Å². The van der Waals surface area contributed by atoms with Gasteiger partial charge < -0.3 is 14.8 Å². The van der Waals surface area contributed by atoms with Crippen LogP contribution in [0.25, 0.3) is 10.9 Å². The minimum Gasteiger partial charge on any atom is -0.367 e. The van der Waals surface area contributed by atoms with Crippen LogP contribution >= 0.6 is 10.6 Å². The summed E-state index contributed by atoms with van der Waals surface area (Å²) < 4.78 is 23.5. The highest BCUT2D eigenvalue weighted by atomic mass is 32.3. The molecule has 0 bridgehead atoms. The fraction of sp³-hybridized carbons (Fsp3) is 0.208. The van der Waals surface area contributed by atoms with Crippen LogP contribution in [-0.2, 0) is 13.2 Å². The Morgan fingerprint density at radius 3 is 2.68 bits per heavy atom. The maximum absolute atomic E-state index is 10.7. The Labute approximate surface area is 183 Å². The number of hydrogen-bond donors (Lipinski definition) is 3. The van der Waals surface area contributed by atoms with E-state index in [1.165, 1.54) is 5.56 Å². The molecule has 5 rings (SSSR count). The molecule has 6 nitrogen and oxygen atoms in total. The summed E-state index contributed by atoms with van der Waals surface area (Å²) in [6.07, 6.45) is 4.05. The molecule has 0 saturated carbocycles. The summed E-state index contributed by atoms with van der Waals surface area (Å²) in [5.41, 5.74) is 4.06. The molecule has 0 aliphatic carbocycles. The van der Waals surface area contributed by atoms with Crippen molar-refractivity contribution >= 4 is 33.0 Å². The summed E-state index contributed by atoms with van der Waals surface area (Å²) in [5, 5.41) is 4.63. The number of aromatic nitrogens is 2. The predicted molar refractivity (Wildman–Crippen MR) is 128 cm³/mol. The third kappa shape index (κ3) is 3.99. The van der Waals surface area contributed by atoms with E-state index in [9.17, 15) is 9.11 Å². The molecule has 1 aliphatic heterocycles. The summed E-state index contributed by atoms with van der Waals surface area (Å²) >= 11 is 0. The maximum Gasteiger partial charge on any atom is 0.131 e. The molecule has 0 saturated heterocycles. The van der Waals surface area contributed by atoms with Gasteiger partial charge in [0, 0.05) is 42.6 Å². The molecule has 3 N–H and O–H groups in total. The molecule has 0 amide bonds. The molecule has 2 aromatic carbocycles. The Hall–Kier alpha value is -3.00. The third-order valence-corrected chi connectivity index (χ3v) is 7.58. The van der Waals surface area contributed by atoms with Gasteiger partial charge in [-0.2, -0.15) is 10.6 Å². The summed E-state index contributed by atoms with van der Waals surface area (Å²) in [5.74, 6) is 1.13. The summed E-state index contributed by atoms with van der Waals surface area (Å²) in [6, 6.07) is 20.0. The number of nitrogens with zero attached hydrogens (tertiary/aromatic N) is 3. The normalized spacial score (nSPS) is 16.5. The van der Waals surface area contributed by atoms with Crippen molar-refractivity contribution in [2.24, 2.45) is 0 Å². The third-order valence-electron chi connectivity index (χ3n) is 5.72. The number of aryl methyl sites for hydroxylation is 1. The number of pyridine rings is 1. The molecule has 4 aromatic rings. The first-order valence-corrected chi connectivity index (χ1v) is 12.1. The van der Waals surface area contributed by atoms with E-state index in [0.717, 1.165) is 28.0 Å². The van der Waals surface area contributed by atoms with Crippen LogP contribution < -0.4 is 10.2 Å². The molecule has 0 spiro atoms. The molecule has 3 heterocycles. The maximum atomic E-state index is 10.7. The van der Waals surface area contributed by atoms with Gasteiger partial charge in [-0.05, 0) is 42.8 Å². The van der Waals surface area contributed by atoms with Gasteiger partial charge in [-0.15, -0.1) is 0 Å². The minimum atomic E-state index is -2.81. The van der Waals surface area contributed by atoms with E-state index < -0.39 is 10.6 Å². The lowest BCUT2D eigenvalue weighted by Gasteiger charge is -2.32. The number of rotatable bonds is 4. The Balaban J connectivity index is 1.54. The minimum absolute atomic E-state index is 0.295. The van der Waals surface area contributed by atoms with Crippen LogP contribution in [0.2, 0.25) is 0 Å². The van der Waals surface area contributed by atoms with Gasteiger partial charge in [0.25, 0.3) is 0 Å². The Bertz CT molecular complexity index is 1220. The first-order valence-electron chi connectivity index (χ1n) is 10.3. The van der Waals surface area contributed by atoms with Gasteiger partial charge in [0.1, 0.15) is 5.82 Å². The van der Waals surface area contributed by atoms with Crippen molar-refractivity contribution in [3.8, 4) is 0 Å². The van der Waals surface area contributed by atoms with Crippen LogP contribution in [0.4, 0.5) is 11.5 Å². The highest BCUT2D eigenvalue weighted by Crippen LogP contribution is 2.51. The van der Waals surface area contributed by atoms with E-state index in [1.54, 1.807) is 0 Å². The summed E-state index contributed by atoms with van der Waals surface area (Å²) in [7, 11) is -2.81. The molecule has 7 heteroatoms. The predicted octanol–water partition coefficient (Wildman–Crippen LogP) is 5.54. The van der Waals surface area contributed by atoms with Crippen LogP contribution in [0.3, 0.4) is 0 Å². The van der Waals surface area contributed by atoms with Gasteiger partial charge in [0.15, 0.2) is 0 Å². The van der Waals surface area contributed by atoms with Gasteiger partial charge in [0.2, 0.25) is 0 Å². The Morgan fingerprint density at radius 1 is 1.03 bits per heavy atom. The summed E-state index contributed by atoms with van der Waals surface area (Å²) in [6.45, 7) is 3.86. The number of anilines is 2. The highest BCUT2D eigenvalue weighted by Gasteiger charge is 2.26. The van der Waals surface area contributed by atoms with Crippen LogP contribution in [0, 0.1) is 6.92 Å². The van der Waals surface area contributed by atoms with Crippen LogP contribution in [0.5, 0.6) is 0 Å². The second-order valence-electron chi connectivity index (χ2n) is 7.98. The zero-order valence-corrected chi connectivity index (χ0v) is 18.2. The van der Waals surface area contributed by atoms with Crippen LogP contribution in [0.15, 0.2) is 78.0 Å². The lowest BCUT2D eigenvalue weighted by Crippen LogP contribution is -2.26. The van der Waals surface area contributed by atoms with Crippen molar-refractivity contribution in [2.75, 3.05) is 22.5 Å². The molecule has 1 aliphatic rings. The fourth-order valence-electron chi connectivity index (χ4n) is 4.07. The largest absolute Gasteiger partial charge is 0.367 e. The SMILES string of the molecule is Cc1ccc2nc(N3CCS(O)(O)c4ccccc4C3)cc(NCn3cccc3)c2c1. The van der Waals surface area contributed by atoms with Crippen LogP contribution in [0.1, 0.15) is 11.1 Å². The monoisotopic (exact) mass is 434 g/mol. The van der Waals surface area contributed by atoms with Crippen LogP contribution in [-0.4, -0.2) is 31.0 Å². The molecule has 0 radical (unpaired) electrons. The first-order chi connectivity index (χ1) is 15.0. The molecule has 0 unspecified atom stereocenters. The number of fused-ring (bicyclic) bond motifs is 2. The second-order valence-corrected chi connectivity index (χ2v) is 10.2. The lowest BCUT2D eigenvalue weighted by atomic mass is 10.1.